The average molecular weight is 443 g/mol. The molecule has 2 heteroatoms. The quantitative estimate of drug-likeness (QED) is 0.171. The summed E-state index contributed by atoms with van der Waals surface area (Å²) in [5.74, 6) is 0. The summed E-state index contributed by atoms with van der Waals surface area (Å²) in [7, 11) is 0. The van der Waals surface area contributed by atoms with E-state index in [1.807, 2.05) is 0 Å². The lowest BCUT2D eigenvalue weighted by Crippen LogP contribution is -2.38. The van der Waals surface area contributed by atoms with Gasteiger partial charge in [0.05, 0.1) is 11.4 Å². The van der Waals surface area contributed by atoms with Gasteiger partial charge < -0.3 is 10.6 Å². The van der Waals surface area contributed by atoms with Gasteiger partial charge in [0, 0.05) is 12.6 Å². The Kier molecular flexibility index (Phi) is 15.5. The number of nitrogen functional groups attached to an aromatic ring is 1. The maximum absolute atomic E-state index is 6.35. The van der Waals surface area contributed by atoms with Crippen molar-refractivity contribution in [3.63, 3.8) is 0 Å². The van der Waals surface area contributed by atoms with E-state index in [-0.39, 0.29) is 0 Å². The van der Waals surface area contributed by atoms with Gasteiger partial charge in [0.2, 0.25) is 0 Å². The van der Waals surface area contributed by atoms with E-state index in [1.165, 1.54) is 147 Å². The zero-order valence-electron chi connectivity index (χ0n) is 21.5. The van der Waals surface area contributed by atoms with E-state index < -0.39 is 0 Å². The summed E-state index contributed by atoms with van der Waals surface area (Å²) in [5.41, 5.74) is 8.58. The van der Waals surface area contributed by atoms with Crippen molar-refractivity contribution in [3.05, 3.63) is 24.3 Å². The van der Waals surface area contributed by atoms with Crippen LogP contribution in [0.5, 0.6) is 0 Å². The summed E-state index contributed by atoms with van der Waals surface area (Å²) in [5, 5.41) is 0. The van der Waals surface area contributed by atoms with Gasteiger partial charge in [-0.3, -0.25) is 0 Å². The van der Waals surface area contributed by atoms with Crippen LogP contribution in [-0.4, -0.2) is 12.6 Å². The van der Waals surface area contributed by atoms with E-state index in [0.717, 1.165) is 5.69 Å². The van der Waals surface area contributed by atoms with Crippen molar-refractivity contribution in [3.8, 4) is 0 Å². The maximum Gasteiger partial charge on any atom is 0.0602 e. The van der Waals surface area contributed by atoms with Gasteiger partial charge >= 0.3 is 0 Å². The molecule has 32 heavy (non-hydrogen) atoms. The molecule has 2 rings (SSSR count). The number of unbranched alkanes of at least 4 members (excludes halogenated alkanes) is 15. The molecule has 2 N–H and O–H groups in total. The molecule has 0 heterocycles. The Bertz CT molecular complexity index is 550. The first kappa shape index (κ1) is 27.1. The molecule has 184 valence electrons. The fraction of sp³-hybridized carbons (Fsp3) is 0.800. The van der Waals surface area contributed by atoms with Gasteiger partial charge in [-0.2, -0.15) is 0 Å². The van der Waals surface area contributed by atoms with E-state index in [9.17, 15) is 0 Å². The number of nitrogens with zero attached hydrogens (tertiary/aromatic N) is 1. The molecule has 2 nitrogen and oxygen atoms in total. The van der Waals surface area contributed by atoms with Crippen LogP contribution < -0.4 is 10.6 Å². The second kappa shape index (κ2) is 18.3. The molecule has 0 unspecified atom stereocenters. The van der Waals surface area contributed by atoms with Gasteiger partial charge in [0.15, 0.2) is 0 Å². The third kappa shape index (κ3) is 11.6. The third-order valence-electron chi connectivity index (χ3n) is 7.51. The predicted molar refractivity (Wildman–Crippen MR) is 145 cm³/mol. The highest BCUT2D eigenvalue weighted by Crippen LogP contribution is 2.31. The molecular weight excluding hydrogens is 388 g/mol. The SMILES string of the molecule is CCCCCCCCCCCCCCCCCCN(c1ccccc1N)C1CCCCC1. The number of para-hydroxylation sites is 2. The number of nitrogens with two attached hydrogens (primary N) is 1. The van der Waals surface area contributed by atoms with E-state index in [1.54, 1.807) is 0 Å². The fourth-order valence-electron chi connectivity index (χ4n) is 5.47. The Morgan fingerprint density at radius 1 is 0.656 bits per heavy atom. The summed E-state index contributed by atoms with van der Waals surface area (Å²) in [6.07, 6.45) is 29.7. The van der Waals surface area contributed by atoms with Crippen molar-refractivity contribution < 1.29 is 0 Å². The smallest absolute Gasteiger partial charge is 0.0602 e. The molecule has 0 saturated heterocycles. The van der Waals surface area contributed by atoms with Crippen LogP contribution in [0.2, 0.25) is 0 Å². The number of hydrogen-bond acceptors (Lipinski definition) is 2. The summed E-state index contributed by atoms with van der Waals surface area (Å²) < 4.78 is 0. The Morgan fingerprint density at radius 2 is 1.12 bits per heavy atom. The van der Waals surface area contributed by atoms with Crippen LogP contribution in [0.25, 0.3) is 0 Å². The van der Waals surface area contributed by atoms with E-state index in [4.69, 9.17) is 5.73 Å². The zero-order valence-corrected chi connectivity index (χ0v) is 21.5. The molecule has 1 aliphatic carbocycles. The number of anilines is 2. The molecule has 1 fully saturated rings. The van der Waals surface area contributed by atoms with Gasteiger partial charge in [0.25, 0.3) is 0 Å². The average Bonchev–Trinajstić information content (AvgIpc) is 2.82. The molecular formula is C30H54N2. The van der Waals surface area contributed by atoms with Crippen molar-refractivity contribution in [2.24, 2.45) is 0 Å². The Hall–Kier alpha value is -1.18. The van der Waals surface area contributed by atoms with E-state index >= 15 is 0 Å². The van der Waals surface area contributed by atoms with Gasteiger partial charge in [-0.25, -0.2) is 0 Å². The predicted octanol–water partition coefficient (Wildman–Crippen LogP) is 9.67. The minimum atomic E-state index is 0.699. The van der Waals surface area contributed by atoms with Crippen molar-refractivity contribution in [2.45, 2.75) is 148 Å². The van der Waals surface area contributed by atoms with Crippen LogP contribution in [0.3, 0.4) is 0 Å². The Balaban J connectivity index is 1.48. The topological polar surface area (TPSA) is 29.3 Å². The van der Waals surface area contributed by atoms with Gasteiger partial charge in [-0.05, 0) is 31.4 Å². The lowest BCUT2D eigenvalue weighted by Gasteiger charge is -2.37. The second-order valence-electron chi connectivity index (χ2n) is 10.3. The van der Waals surface area contributed by atoms with Crippen molar-refractivity contribution >= 4 is 11.4 Å². The number of benzene rings is 1. The van der Waals surface area contributed by atoms with Crippen LogP contribution in [-0.2, 0) is 0 Å². The van der Waals surface area contributed by atoms with Crippen LogP contribution in [0.15, 0.2) is 24.3 Å². The normalized spacial score (nSPS) is 14.7. The molecule has 0 radical (unpaired) electrons. The Morgan fingerprint density at radius 3 is 1.62 bits per heavy atom. The molecule has 1 saturated carbocycles. The van der Waals surface area contributed by atoms with Crippen molar-refractivity contribution in [1.82, 2.24) is 0 Å². The molecule has 0 aromatic heterocycles. The Labute approximate surface area is 200 Å². The monoisotopic (exact) mass is 442 g/mol. The molecule has 0 amide bonds. The molecule has 0 spiro atoms. The first-order chi connectivity index (χ1) is 15.8. The highest BCUT2D eigenvalue weighted by molar-refractivity contribution is 5.67. The highest BCUT2D eigenvalue weighted by Gasteiger charge is 2.22. The summed E-state index contributed by atoms with van der Waals surface area (Å²) in [6.45, 7) is 3.48. The van der Waals surface area contributed by atoms with Gasteiger partial charge in [-0.15, -0.1) is 0 Å². The fourth-order valence-corrected chi connectivity index (χ4v) is 5.47. The standard InChI is InChI=1S/C30H54N2/c1-2-3-4-5-6-7-8-9-10-11-12-13-14-15-16-22-27-32(28-23-18-17-19-24-28)30-26-21-20-25-29(30)31/h20-21,25-26,28H,2-19,22-24,27,31H2,1H3. The minimum Gasteiger partial charge on any atom is -0.397 e. The van der Waals surface area contributed by atoms with Crippen LogP contribution >= 0.6 is 0 Å². The lowest BCUT2D eigenvalue weighted by atomic mass is 9.93. The summed E-state index contributed by atoms with van der Waals surface area (Å²) >= 11 is 0. The minimum absolute atomic E-state index is 0.699. The first-order valence-corrected chi connectivity index (χ1v) is 14.4. The third-order valence-corrected chi connectivity index (χ3v) is 7.51. The number of hydrogen-bond donors (Lipinski definition) is 1. The molecule has 1 aromatic carbocycles. The van der Waals surface area contributed by atoms with E-state index in [0.29, 0.717) is 6.04 Å². The first-order valence-electron chi connectivity index (χ1n) is 14.4. The van der Waals surface area contributed by atoms with Crippen molar-refractivity contribution in [1.29, 1.82) is 0 Å². The summed E-state index contributed by atoms with van der Waals surface area (Å²) in [6, 6.07) is 9.21. The molecule has 0 bridgehead atoms. The molecule has 1 aliphatic rings. The molecule has 1 aromatic rings. The van der Waals surface area contributed by atoms with Gasteiger partial charge in [0.1, 0.15) is 0 Å². The van der Waals surface area contributed by atoms with Crippen molar-refractivity contribution in [2.75, 3.05) is 17.2 Å². The van der Waals surface area contributed by atoms with Crippen LogP contribution in [0.4, 0.5) is 11.4 Å². The van der Waals surface area contributed by atoms with Crippen LogP contribution in [0.1, 0.15) is 142 Å². The second-order valence-corrected chi connectivity index (χ2v) is 10.3. The van der Waals surface area contributed by atoms with Crippen LogP contribution in [0, 0.1) is 0 Å². The lowest BCUT2D eigenvalue weighted by molar-refractivity contribution is 0.410. The van der Waals surface area contributed by atoms with E-state index in [2.05, 4.69) is 36.1 Å². The highest BCUT2D eigenvalue weighted by atomic mass is 15.2. The van der Waals surface area contributed by atoms with Gasteiger partial charge in [-0.1, -0.05) is 135 Å². The molecule has 0 aliphatic heterocycles. The molecule has 0 atom stereocenters. The maximum atomic E-state index is 6.35. The summed E-state index contributed by atoms with van der Waals surface area (Å²) in [4.78, 5) is 2.65. The number of rotatable bonds is 19. The zero-order chi connectivity index (χ0) is 22.7. The largest absolute Gasteiger partial charge is 0.397 e.